The van der Waals surface area contributed by atoms with Gasteiger partial charge in [0.1, 0.15) is 10.7 Å². The van der Waals surface area contributed by atoms with Gasteiger partial charge in [-0.25, -0.2) is 23.4 Å². The second kappa shape index (κ2) is 7.28. The summed E-state index contributed by atoms with van der Waals surface area (Å²) >= 11 is 1.07. The minimum Gasteiger partial charge on any atom is -0.462 e. The van der Waals surface area contributed by atoms with Gasteiger partial charge in [-0.1, -0.05) is 11.8 Å². The Hall–Kier alpha value is -2.68. The van der Waals surface area contributed by atoms with Gasteiger partial charge >= 0.3 is 11.9 Å². The number of esters is 2. The molecule has 0 unspecified atom stereocenters. The van der Waals surface area contributed by atoms with Crippen LogP contribution >= 0.6 is 11.8 Å². The van der Waals surface area contributed by atoms with Crippen LogP contribution in [-0.4, -0.2) is 31.4 Å². The highest BCUT2D eigenvalue weighted by Gasteiger charge is 2.36. The SMILES string of the molecule is CCOC(=O)C(C(=O)OCC)=C1SC=C2C=Nc3c(ccc(F)c3F)N21. The van der Waals surface area contributed by atoms with Crippen molar-refractivity contribution in [2.45, 2.75) is 13.8 Å². The van der Waals surface area contributed by atoms with Crippen molar-refractivity contribution in [2.24, 2.45) is 4.99 Å². The van der Waals surface area contributed by atoms with Crippen molar-refractivity contribution in [1.29, 1.82) is 0 Å². The highest BCUT2D eigenvalue weighted by atomic mass is 32.2. The van der Waals surface area contributed by atoms with Crippen LogP contribution in [0.5, 0.6) is 0 Å². The van der Waals surface area contributed by atoms with E-state index in [0.29, 0.717) is 5.70 Å². The number of nitrogens with zero attached hydrogens (tertiary/aromatic N) is 2. The summed E-state index contributed by atoms with van der Waals surface area (Å²) < 4.78 is 37.5. The number of ether oxygens (including phenoxy) is 2. The average molecular weight is 380 g/mol. The fraction of sp³-hybridized carbons (Fsp3) is 0.235. The molecule has 1 aromatic carbocycles. The quantitative estimate of drug-likeness (QED) is 0.345. The zero-order valence-electron chi connectivity index (χ0n) is 13.9. The molecule has 0 bridgehead atoms. The largest absolute Gasteiger partial charge is 0.462 e. The van der Waals surface area contributed by atoms with E-state index < -0.39 is 23.6 Å². The molecule has 0 aliphatic carbocycles. The smallest absolute Gasteiger partial charge is 0.348 e. The number of thioether (sulfide) groups is 1. The molecule has 0 aromatic heterocycles. The number of hydrogen-bond acceptors (Lipinski definition) is 7. The predicted molar refractivity (Wildman–Crippen MR) is 93.0 cm³/mol. The van der Waals surface area contributed by atoms with E-state index in [1.54, 1.807) is 19.3 Å². The monoisotopic (exact) mass is 380 g/mol. The Labute approximate surface area is 152 Å². The van der Waals surface area contributed by atoms with E-state index in [1.807, 2.05) is 0 Å². The number of benzene rings is 1. The van der Waals surface area contributed by atoms with Crippen molar-refractivity contribution in [1.82, 2.24) is 0 Å². The molecule has 6 nitrogen and oxygen atoms in total. The molecule has 1 aromatic rings. The van der Waals surface area contributed by atoms with Crippen LogP contribution < -0.4 is 4.90 Å². The van der Waals surface area contributed by atoms with Gasteiger partial charge in [-0.15, -0.1) is 0 Å². The summed E-state index contributed by atoms with van der Waals surface area (Å²) in [6, 6.07) is 2.29. The van der Waals surface area contributed by atoms with Crippen molar-refractivity contribution in [3.05, 3.63) is 45.5 Å². The first-order chi connectivity index (χ1) is 12.5. The van der Waals surface area contributed by atoms with E-state index in [2.05, 4.69) is 4.99 Å². The number of halogens is 2. The number of allylic oxidation sites excluding steroid dienone is 1. The van der Waals surface area contributed by atoms with Crippen LogP contribution in [0.3, 0.4) is 0 Å². The van der Waals surface area contributed by atoms with Gasteiger partial charge in [0.25, 0.3) is 0 Å². The summed E-state index contributed by atoms with van der Waals surface area (Å²) in [4.78, 5) is 30.1. The fourth-order valence-corrected chi connectivity index (χ4v) is 3.47. The molecule has 2 aliphatic heterocycles. The second-order valence-corrected chi connectivity index (χ2v) is 5.96. The van der Waals surface area contributed by atoms with Gasteiger partial charge in [0.15, 0.2) is 17.2 Å². The second-order valence-electron chi connectivity index (χ2n) is 5.10. The first kappa shape index (κ1) is 18.1. The summed E-state index contributed by atoms with van der Waals surface area (Å²) in [6.07, 6.45) is 1.33. The van der Waals surface area contributed by atoms with Crippen LogP contribution in [0.2, 0.25) is 0 Å². The van der Waals surface area contributed by atoms with Crippen LogP contribution in [0.1, 0.15) is 13.8 Å². The van der Waals surface area contributed by atoms with Crippen molar-refractivity contribution in [2.75, 3.05) is 18.1 Å². The van der Waals surface area contributed by atoms with E-state index in [1.165, 1.54) is 17.2 Å². The van der Waals surface area contributed by atoms with Crippen molar-refractivity contribution >= 4 is 41.3 Å². The van der Waals surface area contributed by atoms with Gasteiger partial charge in [-0.2, -0.15) is 0 Å². The normalized spacial score (nSPS) is 14.5. The third kappa shape index (κ3) is 2.98. The summed E-state index contributed by atoms with van der Waals surface area (Å²) in [6.45, 7) is 3.35. The van der Waals surface area contributed by atoms with Gasteiger partial charge in [-0.05, 0) is 26.0 Å². The maximum Gasteiger partial charge on any atom is 0.348 e. The highest BCUT2D eigenvalue weighted by Crippen LogP contribution is 2.47. The molecule has 136 valence electrons. The van der Waals surface area contributed by atoms with Gasteiger partial charge in [-0.3, -0.25) is 4.90 Å². The van der Waals surface area contributed by atoms with Crippen molar-refractivity contribution in [3.63, 3.8) is 0 Å². The molecule has 0 spiro atoms. The minimum absolute atomic E-state index is 0.0673. The Bertz CT molecular complexity index is 860. The standard InChI is InChI=1S/C17H14F2N2O4S/c1-3-24-16(22)12(17(23)25-4-2)15-21-9(8-26-15)7-20-14-11(21)6-5-10(18)13(14)19/h5-8H,3-4H2,1-2H3. The lowest BCUT2D eigenvalue weighted by Crippen LogP contribution is -2.27. The van der Waals surface area contributed by atoms with Crippen LogP contribution in [-0.2, 0) is 19.1 Å². The highest BCUT2D eigenvalue weighted by molar-refractivity contribution is 8.06. The van der Waals surface area contributed by atoms with Crippen molar-refractivity contribution in [3.8, 4) is 0 Å². The molecule has 2 aliphatic rings. The Morgan fingerprint density at radius 2 is 1.81 bits per heavy atom. The number of rotatable bonds is 4. The van der Waals surface area contributed by atoms with Gasteiger partial charge < -0.3 is 9.47 Å². The first-order valence-electron chi connectivity index (χ1n) is 7.77. The predicted octanol–water partition coefficient (Wildman–Crippen LogP) is 3.41. The molecule has 26 heavy (non-hydrogen) atoms. The first-order valence-corrected chi connectivity index (χ1v) is 8.65. The molecule has 0 saturated carbocycles. The summed E-state index contributed by atoms with van der Waals surface area (Å²) in [5.74, 6) is -3.85. The number of hydrogen-bond donors (Lipinski definition) is 0. The van der Waals surface area contributed by atoms with Crippen LogP contribution in [0.15, 0.2) is 38.8 Å². The molecule has 0 N–H and O–H groups in total. The Morgan fingerprint density at radius 3 is 2.42 bits per heavy atom. The lowest BCUT2D eigenvalue weighted by Gasteiger charge is -2.27. The molecule has 0 radical (unpaired) electrons. The molecule has 0 fully saturated rings. The minimum atomic E-state index is -1.11. The van der Waals surface area contributed by atoms with E-state index in [4.69, 9.17) is 9.47 Å². The Morgan fingerprint density at radius 1 is 1.15 bits per heavy atom. The number of carbonyl (C=O) groups is 2. The van der Waals surface area contributed by atoms with Crippen LogP contribution in [0.25, 0.3) is 0 Å². The number of fused-ring (bicyclic) bond motifs is 3. The molecule has 9 heteroatoms. The van der Waals surface area contributed by atoms with Gasteiger partial charge in [0.2, 0.25) is 0 Å². The third-order valence-corrected chi connectivity index (χ3v) is 4.51. The van der Waals surface area contributed by atoms with E-state index in [-0.39, 0.29) is 35.2 Å². The Kier molecular flexibility index (Phi) is 5.08. The Balaban J connectivity index is 2.16. The zero-order valence-corrected chi connectivity index (χ0v) is 14.7. The lowest BCUT2D eigenvalue weighted by atomic mass is 10.1. The van der Waals surface area contributed by atoms with E-state index >= 15 is 0 Å². The van der Waals surface area contributed by atoms with Crippen LogP contribution in [0.4, 0.5) is 20.2 Å². The van der Waals surface area contributed by atoms with Crippen LogP contribution in [0, 0.1) is 11.6 Å². The summed E-state index contributed by atoms with van der Waals surface area (Å²) in [7, 11) is 0. The number of aliphatic imine (C=N–C) groups is 1. The van der Waals surface area contributed by atoms with Crippen molar-refractivity contribution < 1.29 is 27.8 Å². The average Bonchev–Trinajstić information content (AvgIpc) is 3.03. The molecule has 0 saturated heterocycles. The lowest BCUT2D eigenvalue weighted by molar-refractivity contribution is -0.146. The molecule has 2 heterocycles. The van der Waals surface area contributed by atoms with E-state index in [0.717, 1.165) is 17.8 Å². The molecule has 0 amide bonds. The molecule has 3 rings (SSSR count). The molecular formula is C17H14F2N2O4S. The maximum atomic E-state index is 14.1. The molecule has 0 atom stereocenters. The number of anilines is 1. The van der Waals surface area contributed by atoms with Gasteiger partial charge in [0.05, 0.1) is 30.8 Å². The molecular weight excluding hydrogens is 366 g/mol. The summed E-state index contributed by atoms with van der Waals surface area (Å²) in [5.41, 5.74) is 0.198. The van der Waals surface area contributed by atoms with Gasteiger partial charge in [0, 0.05) is 5.41 Å². The third-order valence-electron chi connectivity index (χ3n) is 3.54. The van der Waals surface area contributed by atoms with E-state index in [9.17, 15) is 18.4 Å². The summed E-state index contributed by atoms with van der Waals surface area (Å²) in [5, 5.41) is 1.83. The number of carbonyl (C=O) groups excluding carboxylic acids is 2. The fourth-order valence-electron chi connectivity index (χ4n) is 2.47. The maximum absolute atomic E-state index is 14.1. The topological polar surface area (TPSA) is 68.2 Å². The zero-order chi connectivity index (χ0) is 18.8.